The molecule has 0 atom stereocenters. The van der Waals surface area contributed by atoms with Crippen molar-refractivity contribution in [2.45, 2.75) is 44.3 Å². The molecule has 192 valence electrons. The van der Waals surface area contributed by atoms with Crippen molar-refractivity contribution in [1.29, 1.82) is 5.26 Å². The molecule has 1 fully saturated rings. The van der Waals surface area contributed by atoms with Crippen molar-refractivity contribution in [2.24, 2.45) is 7.05 Å². The highest BCUT2D eigenvalue weighted by Crippen LogP contribution is 2.29. The van der Waals surface area contributed by atoms with Gasteiger partial charge in [-0.1, -0.05) is 30.3 Å². The molecule has 1 aliphatic carbocycles. The molecule has 1 aliphatic rings. The van der Waals surface area contributed by atoms with Gasteiger partial charge in [-0.05, 0) is 55.5 Å². The number of carbonyl (C=O) groups is 1. The summed E-state index contributed by atoms with van der Waals surface area (Å²) in [7, 11) is 1.85. The Hall–Kier alpha value is -4.78. The molecule has 10 heteroatoms. The fraction of sp³-hybridized carbons (Fsp3) is 0.286. The molecule has 3 aromatic heterocycles. The third kappa shape index (κ3) is 5.95. The lowest BCUT2D eigenvalue weighted by atomic mass is 9.90. The Balaban J connectivity index is 1.29. The number of hydrogen-bond donors (Lipinski definition) is 2. The summed E-state index contributed by atoms with van der Waals surface area (Å²) >= 11 is 0. The Labute approximate surface area is 221 Å². The molecule has 0 bridgehead atoms. The van der Waals surface area contributed by atoms with E-state index in [4.69, 9.17) is 5.26 Å². The zero-order valence-electron chi connectivity index (χ0n) is 21.2. The van der Waals surface area contributed by atoms with Gasteiger partial charge in [-0.3, -0.25) is 9.58 Å². The third-order valence-corrected chi connectivity index (χ3v) is 6.71. The number of hydrogen-bond acceptors (Lipinski definition) is 7. The molecule has 5 rings (SSSR count). The second-order valence-electron chi connectivity index (χ2n) is 9.39. The lowest BCUT2D eigenvalue weighted by Crippen LogP contribution is -2.49. The van der Waals surface area contributed by atoms with E-state index in [2.05, 4.69) is 37.0 Å². The maximum atomic E-state index is 13.5. The van der Waals surface area contributed by atoms with E-state index >= 15 is 0 Å². The first-order chi connectivity index (χ1) is 18.6. The molecular weight excluding hydrogens is 478 g/mol. The summed E-state index contributed by atoms with van der Waals surface area (Å²) in [4.78, 5) is 19.6. The first-order valence-corrected chi connectivity index (χ1v) is 12.7. The van der Waals surface area contributed by atoms with Crippen LogP contribution in [0.25, 0.3) is 11.3 Å². The van der Waals surface area contributed by atoms with E-state index in [-0.39, 0.29) is 18.1 Å². The molecule has 0 radical (unpaired) electrons. The quantitative estimate of drug-likeness (QED) is 0.382. The first-order valence-electron chi connectivity index (χ1n) is 12.7. The summed E-state index contributed by atoms with van der Waals surface area (Å²) in [6.07, 6.45) is 8.54. The normalized spacial score (nSPS) is 16.8. The predicted octanol–water partition coefficient (Wildman–Crippen LogP) is 4.28. The van der Waals surface area contributed by atoms with Gasteiger partial charge < -0.3 is 10.6 Å². The van der Waals surface area contributed by atoms with E-state index in [1.165, 1.54) is 0 Å². The van der Waals surface area contributed by atoms with Crippen LogP contribution in [0, 0.1) is 11.3 Å². The maximum absolute atomic E-state index is 13.5. The summed E-state index contributed by atoms with van der Waals surface area (Å²) < 4.78 is 1.72. The minimum atomic E-state index is -0.192. The van der Waals surface area contributed by atoms with Crippen LogP contribution in [0.15, 0.2) is 73.2 Å². The number of rotatable bonds is 7. The highest BCUT2D eigenvalue weighted by Gasteiger charge is 2.31. The van der Waals surface area contributed by atoms with Crippen LogP contribution in [-0.4, -0.2) is 43.1 Å². The summed E-state index contributed by atoms with van der Waals surface area (Å²) in [6.45, 7) is 0.429. The van der Waals surface area contributed by atoms with Crippen LogP contribution < -0.4 is 15.5 Å². The molecule has 0 saturated heterocycles. The lowest BCUT2D eigenvalue weighted by molar-refractivity contribution is 0.240. The highest BCUT2D eigenvalue weighted by molar-refractivity contribution is 5.91. The number of nitrogens with one attached hydrogen (secondary N) is 2. The van der Waals surface area contributed by atoms with Crippen LogP contribution in [-0.2, 0) is 13.6 Å². The van der Waals surface area contributed by atoms with Crippen molar-refractivity contribution in [3.05, 3.63) is 84.3 Å². The van der Waals surface area contributed by atoms with Gasteiger partial charge in [-0.2, -0.15) is 10.4 Å². The van der Waals surface area contributed by atoms with E-state index < -0.39 is 0 Å². The number of aryl methyl sites for hydroxylation is 1. The van der Waals surface area contributed by atoms with Crippen LogP contribution in [0.2, 0.25) is 0 Å². The summed E-state index contributed by atoms with van der Waals surface area (Å²) in [5.41, 5.74) is 3.14. The molecule has 3 heterocycles. The van der Waals surface area contributed by atoms with Crippen molar-refractivity contribution in [3.63, 3.8) is 0 Å². The van der Waals surface area contributed by atoms with Crippen molar-refractivity contribution in [2.75, 3.05) is 10.2 Å². The Morgan fingerprint density at radius 3 is 2.50 bits per heavy atom. The molecule has 0 aliphatic heterocycles. The topological polar surface area (TPSA) is 125 Å². The number of nitriles is 1. The van der Waals surface area contributed by atoms with Gasteiger partial charge in [0, 0.05) is 43.6 Å². The standard InChI is InChI=1S/C28H29N9O/c1-36-19-22(18-32-36)25-12-14-27(35-34-25)37(28(38)31-16-20-5-3-2-4-6-20)24-10-8-23(9-11-24)33-26-13-7-21(15-29)17-30-26/h2-7,12-14,17-19,23-24H,8-11,16H2,1H3,(H,30,33)(H,31,38)/t23-,24-. The fourth-order valence-corrected chi connectivity index (χ4v) is 4.71. The molecule has 0 spiro atoms. The van der Waals surface area contributed by atoms with E-state index in [1.54, 1.807) is 28.0 Å². The molecular formula is C28H29N9O. The molecule has 2 amide bonds. The summed E-state index contributed by atoms with van der Waals surface area (Å²) in [5.74, 6) is 1.27. The maximum Gasteiger partial charge on any atom is 0.323 e. The first kappa shape index (κ1) is 24.9. The number of benzene rings is 1. The smallest absolute Gasteiger partial charge is 0.323 e. The third-order valence-electron chi connectivity index (χ3n) is 6.71. The van der Waals surface area contributed by atoms with Crippen LogP contribution in [0.5, 0.6) is 0 Å². The summed E-state index contributed by atoms with van der Waals surface area (Å²) in [6, 6.07) is 19.3. The number of urea groups is 1. The zero-order chi connectivity index (χ0) is 26.3. The Morgan fingerprint density at radius 2 is 1.87 bits per heavy atom. The van der Waals surface area contributed by atoms with Gasteiger partial charge >= 0.3 is 6.03 Å². The lowest BCUT2D eigenvalue weighted by Gasteiger charge is -2.36. The molecule has 4 aromatic rings. The number of carbonyl (C=O) groups excluding carboxylic acids is 1. The van der Waals surface area contributed by atoms with E-state index in [1.807, 2.05) is 61.8 Å². The van der Waals surface area contributed by atoms with E-state index in [9.17, 15) is 4.79 Å². The van der Waals surface area contributed by atoms with Gasteiger partial charge in [0.15, 0.2) is 5.82 Å². The minimum Gasteiger partial charge on any atom is -0.367 e. The molecule has 0 unspecified atom stereocenters. The molecule has 1 saturated carbocycles. The zero-order valence-corrected chi connectivity index (χ0v) is 21.2. The average molecular weight is 508 g/mol. The second kappa shape index (κ2) is 11.5. The van der Waals surface area contributed by atoms with Crippen LogP contribution in [0.3, 0.4) is 0 Å². The fourth-order valence-electron chi connectivity index (χ4n) is 4.71. The molecule has 1 aromatic carbocycles. The number of aromatic nitrogens is 5. The number of nitrogens with zero attached hydrogens (tertiary/aromatic N) is 7. The number of pyridine rings is 1. The van der Waals surface area contributed by atoms with Gasteiger partial charge in [0.05, 0.1) is 17.5 Å². The van der Waals surface area contributed by atoms with Gasteiger partial charge in [0.2, 0.25) is 0 Å². The van der Waals surface area contributed by atoms with Gasteiger partial charge in [-0.25, -0.2) is 9.78 Å². The van der Waals surface area contributed by atoms with Crippen molar-refractivity contribution >= 4 is 17.7 Å². The van der Waals surface area contributed by atoms with Crippen LogP contribution in [0.1, 0.15) is 36.8 Å². The van der Waals surface area contributed by atoms with E-state index in [0.717, 1.165) is 42.6 Å². The van der Waals surface area contributed by atoms with Crippen molar-refractivity contribution in [1.82, 2.24) is 30.3 Å². The molecule has 10 nitrogen and oxygen atoms in total. The highest BCUT2D eigenvalue weighted by atomic mass is 16.2. The van der Waals surface area contributed by atoms with Crippen LogP contribution >= 0.6 is 0 Å². The second-order valence-corrected chi connectivity index (χ2v) is 9.39. The summed E-state index contributed by atoms with van der Waals surface area (Å²) in [5, 5.41) is 28.5. The monoisotopic (exact) mass is 507 g/mol. The van der Waals surface area contributed by atoms with Gasteiger partial charge in [-0.15, -0.1) is 10.2 Å². The molecule has 38 heavy (non-hydrogen) atoms. The number of anilines is 2. The SMILES string of the molecule is Cn1cc(-c2ccc(N(C(=O)NCc3ccccc3)[C@H]3CC[C@H](Nc4ccc(C#N)cn4)CC3)nn2)cn1. The van der Waals surface area contributed by atoms with Crippen LogP contribution in [0.4, 0.5) is 16.4 Å². The van der Waals surface area contributed by atoms with Crippen molar-refractivity contribution in [3.8, 4) is 17.3 Å². The predicted molar refractivity (Wildman–Crippen MR) is 144 cm³/mol. The largest absolute Gasteiger partial charge is 0.367 e. The Kier molecular flexibility index (Phi) is 7.54. The Bertz CT molecular complexity index is 1390. The minimum absolute atomic E-state index is 0.0173. The van der Waals surface area contributed by atoms with E-state index in [0.29, 0.717) is 23.6 Å². The Morgan fingerprint density at radius 1 is 1.05 bits per heavy atom. The van der Waals surface area contributed by atoms with Gasteiger partial charge in [0.25, 0.3) is 0 Å². The average Bonchev–Trinajstić information content (AvgIpc) is 3.40. The number of amides is 2. The molecule has 2 N–H and O–H groups in total. The van der Waals surface area contributed by atoms with Crippen molar-refractivity contribution < 1.29 is 4.79 Å². The van der Waals surface area contributed by atoms with Gasteiger partial charge in [0.1, 0.15) is 11.9 Å².